The highest BCUT2D eigenvalue weighted by molar-refractivity contribution is 8.22. The van der Waals surface area contributed by atoms with E-state index in [1.54, 1.807) is 24.3 Å². The molecule has 0 atom stereocenters. The molecule has 1 N–H and O–H groups in total. The molecule has 0 spiro atoms. The van der Waals surface area contributed by atoms with Gasteiger partial charge in [-0.25, -0.2) is 0 Å². The maximum atomic E-state index is 11.8. The molecule has 1 aromatic rings. The van der Waals surface area contributed by atoms with E-state index in [4.69, 9.17) is 23.8 Å². The summed E-state index contributed by atoms with van der Waals surface area (Å²) in [5.74, 6) is -0.175. The van der Waals surface area contributed by atoms with Crippen LogP contribution in [0.25, 0.3) is 0 Å². The molecule has 0 aliphatic rings. The molecule has 1 aromatic carbocycles. The monoisotopic (exact) mass is 302 g/mol. The Bertz CT molecular complexity index is 419. The first-order valence-corrected chi connectivity index (χ1v) is 7.20. The second kappa shape index (κ2) is 7.61. The molecule has 0 heterocycles. The quantitative estimate of drug-likeness (QED) is 0.685. The van der Waals surface area contributed by atoms with Gasteiger partial charge in [0.15, 0.2) is 4.32 Å². The lowest BCUT2D eigenvalue weighted by molar-refractivity contribution is 0.0984. The fourth-order valence-corrected chi connectivity index (χ4v) is 2.49. The zero-order valence-corrected chi connectivity index (χ0v) is 12.7. The summed E-state index contributed by atoms with van der Waals surface area (Å²) in [6, 6.07) is 6.73. The lowest BCUT2D eigenvalue weighted by atomic mass is 10.2. The molecule has 0 saturated heterocycles. The Kier molecular flexibility index (Phi) is 6.46. The summed E-state index contributed by atoms with van der Waals surface area (Å²) in [4.78, 5) is 13.8. The van der Waals surface area contributed by atoms with Gasteiger partial charge in [0.25, 0.3) is 5.91 Å². The van der Waals surface area contributed by atoms with Crippen molar-refractivity contribution in [1.29, 1.82) is 0 Å². The third-order valence-electron chi connectivity index (χ3n) is 2.36. The molecule has 0 saturated carbocycles. The number of carbonyl (C=O) groups is 1. The van der Waals surface area contributed by atoms with Gasteiger partial charge in [-0.1, -0.05) is 23.8 Å². The zero-order valence-electron chi connectivity index (χ0n) is 10.3. The number of thiocarbonyl (C=S) groups is 1. The van der Waals surface area contributed by atoms with Crippen LogP contribution in [0.5, 0.6) is 0 Å². The normalized spacial score (nSPS) is 9.94. The highest BCUT2D eigenvalue weighted by Crippen LogP contribution is 2.11. The lowest BCUT2D eigenvalue weighted by Crippen LogP contribution is -2.30. The molecule has 1 rings (SSSR count). The van der Waals surface area contributed by atoms with Crippen LogP contribution in [0.4, 0.5) is 0 Å². The van der Waals surface area contributed by atoms with Crippen molar-refractivity contribution >= 4 is 46.0 Å². The van der Waals surface area contributed by atoms with Gasteiger partial charge < -0.3 is 4.90 Å². The van der Waals surface area contributed by atoms with E-state index in [9.17, 15) is 4.79 Å². The van der Waals surface area contributed by atoms with Crippen LogP contribution in [0.3, 0.4) is 0 Å². The molecule has 18 heavy (non-hydrogen) atoms. The topological polar surface area (TPSA) is 32.3 Å². The number of nitrogens with one attached hydrogen (secondary N) is 1. The Morgan fingerprint density at radius 2 is 1.89 bits per heavy atom. The van der Waals surface area contributed by atoms with Gasteiger partial charge >= 0.3 is 0 Å². The molecule has 0 fully saturated rings. The maximum Gasteiger partial charge on any atom is 0.261 e. The summed E-state index contributed by atoms with van der Waals surface area (Å²) < 4.78 is 3.39. The summed E-state index contributed by atoms with van der Waals surface area (Å²) in [6.07, 6.45) is 0. The first-order valence-electron chi connectivity index (χ1n) is 5.60. The minimum absolute atomic E-state index is 0.175. The second-order valence-corrected chi connectivity index (χ2v) is 5.35. The number of hydrogen-bond acceptors (Lipinski definition) is 3. The van der Waals surface area contributed by atoms with Crippen LogP contribution in [-0.2, 0) is 0 Å². The van der Waals surface area contributed by atoms with Crippen molar-refractivity contribution in [2.24, 2.45) is 0 Å². The standard InChI is InChI=1S/C12H15ClN2OS2/c1-3-15(4-2)12(17)18-14-11(16)9-5-7-10(13)8-6-9/h5-8H,3-4H2,1-2H3,(H,14,16). The molecule has 0 radical (unpaired) electrons. The SMILES string of the molecule is CCN(CC)C(=S)SNC(=O)c1ccc(Cl)cc1. The summed E-state index contributed by atoms with van der Waals surface area (Å²) in [5, 5.41) is 0.609. The van der Waals surface area contributed by atoms with Crippen LogP contribution in [0.15, 0.2) is 24.3 Å². The van der Waals surface area contributed by atoms with Gasteiger partial charge in [-0.05, 0) is 38.1 Å². The Balaban J connectivity index is 2.51. The number of nitrogens with zero attached hydrogens (tertiary/aromatic N) is 1. The summed E-state index contributed by atoms with van der Waals surface area (Å²) in [6.45, 7) is 5.72. The highest BCUT2D eigenvalue weighted by atomic mass is 35.5. The summed E-state index contributed by atoms with van der Waals surface area (Å²) in [7, 11) is 0. The van der Waals surface area contributed by atoms with Gasteiger partial charge in [-0.3, -0.25) is 9.52 Å². The number of rotatable bonds is 3. The van der Waals surface area contributed by atoms with Crippen molar-refractivity contribution < 1.29 is 4.79 Å². The van der Waals surface area contributed by atoms with Crippen LogP contribution in [0.2, 0.25) is 5.02 Å². The van der Waals surface area contributed by atoms with Gasteiger partial charge in [0.2, 0.25) is 0 Å². The Labute approximate surface area is 122 Å². The number of benzene rings is 1. The zero-order chi connectivity index (χ0) is 13.5. The largest absolute Gasteiger partial charge is 0.357 e. The molecule has 98 valence electrons. The van der Waals surface area contributed by atoms with Gasteiger partial charge in [0.05, 0.1) is 0 Å². The third kappa shape index (κ3) is 4.48. The molecule has 6 heteroatoms. The number of halogens is 1. The predicted molar refractivity (Wildman–Crippen MR) is 82.0 cm³/mol. The molecular weight excluding hydrogens is 288 g/mol. The van der Waals surface area contributed by atoms with Crippen LogP contribution in [0, 0.1) is 0 Å². The lowest BCUT2D eigenvalue weighted by Gasteiger charge is -2.20. The minimum Gasteiger partial charge on any atom is -0.357 e. The van der Waals surface area contributed by atoms with Crippen molar-refractivity contribution in [3.63, 3.8) is 0 Å². The van der Waals surface area contributed by atoms with Crippen molar-refractivity contribution in [3.8, 4) is 0 Å². The summed E-state index contributed by atoms with van der Waals surface area (Å²) >= 11 is 12.1. The number of carbonyl (C=O) groups excluding carboxylic acids is 1. The molecule has 1 amide bonds. The molecule has 0 unspecified atom stereocenters. The Morgan fingerprint density at radius 3 is 2.39 bits per heavy atom. The van der Waals surface area contributed by atoms with Crippen LogP contribution in [-0.4, -0.2) is 28.2 Å². The van der Waals surface area contributed by atoms with E-state index in [0.29, 0.717) is 14.9 Å². The average Bonchev–Trinajstić information content (AvgIpc) is 2.38. The average molecular weight is 303 g/mol. The minimum atomic E-state index is -0.175. The first kappa shape index (κ1) is 15.3. The summed E-state index contributed by atoms with van der Waals surface area (Å²) in [5.41, 5.74) is 0.564. The third-order valence-corrected chi connectivity index (χ3v) is 3.84. The van der Waals surface area contributed by atoms with E-state index in [2.05, 4.69) is 4.72 Å². The highest BCUT2D eigenvalue weighted by Gasteiger charge is 2.10. The van der Waals surface area contributed by atoms with E-state index in [1.807, 2.05) is 18.7 Å². The Morgan fingerprint density at radius 1 is 1.33 bits per heavy atom. The van der Waals surface area contributed by atoms with Gasteiger partial charge in [0, 0.05) is 35.6 Å². The predicted octanol–water partition coefficient (Wildman–Crippen LogP) is 3.34. The molecule has 3 nitrogen and oxygen atoms in total. The number of hydrogen-bond donors (Lipinski definition) is 1. The van der Waals surface area contributed by atoms with E-state index in [0.717, 1.165) is 13.1 Å². The van der Waals surface area contributed by atoms with Gasteiger partial charge in [-0.15, -0.1) is 0 Å². The van der Waals surface area contributed by atoms with E-state index in [1.165, 1.54) is 11.9 Å². The van der Waals surface area contributed by atoms with Gasteiger partial charge in [-0.2, -0.15) is 0 Å². The second-order valence-electron chi connectivity index (χ2n) is 3.48. The molecule has 0 aliphatic carbocycles. The van der Waals surface area contributed by atoms with Crippen molar-refractivity contribution in [2.45, 2.75) is 13.8 Å². The fraction of sp³-hybridized carbons (Fsp3) is 0.333. The Hall–Kier alpha value is -0.780. The fourth-order valence-electron chi connectivity index (χ4n) is 1.30. The van der Waals surface area contributed by atoms with Crippen LogP contribution >= 0.6 is 35.8 Å². The van der Waals surface area contributed by atoms with Gasteiger partial charge in [0.1, 0.15) is 0 Å². The maximum absolute atomic E-state index is 11.8. The molecule has 0 aliphatic heterocycles. The van der Waals surface area contributed by atoms with Crippen molar-refractivity contribution in [1.82, 2.24) is 9.62 Å². The van der Waals surface area contributed by atoms with Crippen LogP contribution < -0.4 is 4.72 Å². The first-order chi connectivity index (χ1) is 8.58. The smallest absolute Gasteiger partial charge is 0.261 e. The van der Waals surface area contributed by atoms with E-state index in [-0.39, 0.29) is 5.91 Å². The molecular formula is C12H15ClN2OS2. The molecule has 0 bridgehead atoms. The van der Waals surface area contributed by atoms with E-state index >= 15 is 0 Å². The van der Waals surface area contributed by atoms with Crippen molar-refractivity contribution in [3.05, 3.63) is 34.9 Å². The van der Waals surface area contributed by atoms with E-state index < -0.39 is 0 Å². The number of amides is 1. The van der Waals surface area contributed by atoms with Crippen molar-refractivity contribution in [2.75, 3.05) is 13.1 Å². The molecule has 0 aromatic heterocycles. The van der Waals surface area contributed by atoms with Crippen LogP contribution in [0.1, 0.15) is 24.2 Å².